The van der Waals surface area contributed by atoms with E-state index in [-0.39, 0.29) is 23.8 Å². The summed E-state index contributed by atoms with van der Waals surface area (Å²) < 4.78 is 5.03. The fourth-order valence-corrected chi connectivity index (χ4v) is 4.37. The Morgan fingerprint density at radius 3 is 2.89 bits per heavy atom. The van der Waals surface area contributed by atoms with Gasteiger partial charge < -0.3 is 14.4 Å². The Morgan fingerprint density at radius 2 is 2.22 bits per heavy atom. The monoisotopic (exact) mass is 370 g/mol. The number of likely N-dealkylation sites (tertiary alicyclic amines) is 2. The largest absolute Gasteiger partial charge is 0.472 e. The number of aliphatic hydroxyl groups is 1. The molecule has 2 aromatic rings. The van der Waals surface area contributed by atoms with Gasteiger partial charge in [0.1, 0.15) is 12.1 Å². The number of aromatic nitrogens is 2. The molecular weight excluding hydrogens is 344 g/mol. The van der Waals surface area contributed by atoms with Crippen molar-refractivity contribution in [2.75, 3.05) is 32.8 Å². The van der Waals surface area contributed by atoms with Crippen LogP contribution in [0.15, 0.2) is 35.3 Å². The van der Waals surface area contributed by atoms with Gasteiger partial charge in [-0.2, -0.15) is 0 Å². The zero-order valence-electron chi connectivity index (χ0n) is 15.8. The molecule has 1 N–H and O–H groups in total. The average Bonchev–Trinajstić information content (AvgIpc) is 3.36. The van der Waals surface area contributed by atoms with Gasteiger partial charge in [0.2, 0.25) is 0 Å². The summed E-state index contributed by atoms with van der Waals surface area (Å²) in [6.45, 7) is 7.89. The lowest BCUT2D eigenvalue weighted by molar-refractivity contribution is 0.0717. The van der Waals surface area contributed by atoms with Gasteiger partial charge in [-0.15, -0.1) is 0 Å². The van der Waals surface area contributed by atoms with Crippen LogP contribution < -0.4 is 0 Å². The van der Waals surface area contributed by atoms with Crippen LogP contribution in [-0.4, -0.2) is 63.6 Å². The van der Waals surface area contributed by atoms with Gasteiger partial charge in [0.15, 0.2) is 0 Å². The van der Waals surface area contributed by atoms with Crippen LogP contribution in [0.25, 0.3) is 0 Å². The van der Waals surface area contributed by atoms with Crippen molar-refractivity contribution in [2.45, 2.75) is 26.3 Å². The Labute approximate surface area is 159 Å². The van der Waals surface area contributed by atoms with Crippen molar-refractivity contribution in [3.8, 4) is 0 Å². The molecule has 0 spiro atoms. The molecule has 4 rings (SSSR count). The molecule has 144 valence electrons. The molecule has 2 saturated heterocycles. The zero-order chi connectivity index (χ0) is 19.0. The van der Waals surface area contributed by atoms with E-state index < -0.39 is 0 Å². The number of carbonyl (C=O) groups is 1. The van der Waals surface area contributed by atoms with E-state index in [2.05, 4.69) is 28.7 Å². The Balaban J connectivity index is 1.44. The summed E-state index contributed by atoms with van der Waals surface area (Å²) >= 11 is 0. The van der Waals surface area contributed by atoms with Crippen molar-refractivity contribution >= 4 is 5.91 Å². The summed E-state index contributed by atoms with van der Waals surface area (Å²) in [6, 6.07) is 3.65. The summed E-state index contributed by atoms with van der Waals surface area (Å²) in [5.41, 5.74) is 1.32. The first-order valence-electron chi connectivity index (χ1n) is 9.47. The molecule has 2 unspecified atom stereocenters. The minimum atomic E-state index is -0.257. The first kappa shape index (κ1) is 18.1. The molecule has 7 nitrogen and oxygen atoms in total. The van der Waals surface area contributed by atoms with Gasteiger partial charge >= 0.3 is 0 Å². The fourth-order valence-electron chi connectivity index (χ4n) is 4.37. The van der Waals surface area contributed by atoms with Gasteiger partial charge in [-0.3, -0.25) is 9.69 Å². The zero-order valence-corrected chi connectivity index (χ0v) is 15.8. The van der Waals surface area contributed by atoms with Crippen LogP contribution >= 0.6 is 0 Å². The van der Waals surface area contributed by atoms with Crippen LogP contribution in [0.2, 0.25) is 0 Å². The maximum absolute atomic E-state index is 12.6. The second kappa shape index (κ2) is 7.05. The Hall–Kier alpha value is -2.25. The van der Waals surface area contributed by atoms with E-state index in [9.17, 15) is 9.90 Å². The van der Waals surface area contributed by atoms with Gasteiger partial charge in [-0.1, -0.05) is 13.8 Å². The minimum absolute atomic E-state index is 0.0186. The first-order valence-corrected chi connectivity index (χ1v) is 9.47. The predicted octanol–water partition coefficient (Wildman–Crippen LogP) is 1.76. The van der Waals surface area contributed by atoms with E-state index in [0.29, 0.717) is 24.6 Å². The van der Waals surface area contributed by atoms with E-state index in [4.69, 9.17) is 4.42 Å². The standard InChI is InChI=1S/C20H26N4O3/c1-14(2)18-21-5-3-17(22-18)9-23-7-16-8-24(12-20(16,11-23)13-25)19(26)15-4-6-27-10-15/h3-6,10,14,16,25H,7-9,11-13H2,1-2H3. The molecule has 7 heteroatoms. The van der Waals surface area contributed by atoms with E-state index in [0.717, 1.165) is 31.2 Å². The number of furan rings is 1. The number of aliphatic hydroxyl groups excluding tert-OH is 1. The maximum Gasteiger partial charge on any atom is 0.257 e. The molecule has 0 bridgehead atoms. The Bertz CT molecular complexity index is 807. The smallest absolute Gasteiger partial charge is 0.257 e. The lowest BCUT2D eigenvalue weighted by atomic mass is 9.82. The molecular formula is C20H26N4O3. The summed E-state index contributed by atoms with van der Waals surface area (Å²) in [5.74, 6) is 1.41. The lowest BCUT2D eigenvalue weighted by Crippen LogP contribution is -2.38. The van der Waals surface area contributed by atoms with Gasteiger partial charge in [0, 0.05) is 50.3 Å². The number of carbonyl (C=O) groups excluding carboxylic acids is 1. The molecule has 4 heterocycles. The van der Waals surface area contributed by atoms with Crippen LogP contribution in [-0.2, 0) is 6.54 Å². The maximum atomic E-state index is 12.6. The SMILES string of the molecule is CC(C)c1nccc(CN2CC3CN(C(=O)c4ccoc4)CC3(CO)C2)n1. The predicted molar refractivity (Wildman–Crippen MR) is 99.0 cm³/mol. The highest BCUT2D eigenvalue weighted by atomic mass is 16.3. The summed E-state index contributed by atoms with van der Waals surface area (Å²) in [6.07, 6.45) is 4.82. The Morgan fingerprint density at radius 1 is 1.37 bits per heavy atom. The summed E-state index contributed by atoms with van der Waals surface area (Å²) in [4.78, 5) is 25.8. The average molecular weight is 370 g/mol. The quantitative estimate of drug-likeness (QED) is 0.864. The van der Waals surface area contributed by atoms with Gasteiger partial charge in [-0.25, -0.2) is 9.97 Å². The molecule has 2 aliphatic rings. The molecule has 27 heavy (non-hydrogen) atoms. The van der Waals surface area contributed by atoms with Crippen molar-refractivity contribution in [3.05, 3.63) is 47.9 Å². The molecule has 2 aromatic heterocycles. The highest BCUT2D eigenvalue weighted by molar-refractivity contribution is 5.94. The highest BCUT2D eigenvalue weighted by Crippen LogP contribution is 2.43. The van der Waals surface area contributed by atoms with Crippen molar-refractivity contribution in [2.24, 2.45) is 11.3 Å². The van der Waals surface area contributed by atoms with Crippen LogP contribution in [0, 0.1) is 11.3 Å². The Kier molecular flexibility index (Phi) is 4.74. The molecule has 1 amide bonds. The number of hydrogen-bond acceptors (Lipinski definition) is 6. The van der Waals surface area contributed by atoms with Crippen molar-refractivity contribution in [3.63, 3.8) is 0 Å². The van der Waals surface area contributed by atoms with Crippen LogP contribution in [0.4, 0.5) is 0 Å². The van der Waals surface area contributed by atoms with Crippen LogP contribution in [0.5, 0.6) is 0 Å². The van der Waals surface area contributed by atoms with Crippen molar-refractivity contribution in [1.82, 2.24) is 19.8 Å². The van der Waals surface area contributed by atoms with Gasteiger partial charge in [0.05, 0.1) is 24.1 Å². The lowest BCUT2D eigenvalue weighted by Gasteiger charge is -2.27. The molecule has 0 radical (unpaired) electrons. The van der Waals surface area contributed by atoms with Gasteiger partial charge in [-0.05, 0) is 18.1 Å². The van der Waals surface area contributed by atoms with E-state index in [1.54, 1.807) is 6.07 Å². The van der Waals surface area contributed by atoms with E-state index in [1.807, 2.05) is 17.2 Å². The van der Waals surface area contributed by atoms with E-state index in [1.165, 1.54) is 12.5 Å². The van der Waals surface area contributed by atoms with E-state index >= 15 is 0 Å². The normalized spacial score (nSPS) is 25.3. The number of rotatable bonds is 5. The van der Waals surface area contributed by atoms with Crippen molar-refractivity contribution in [1.29, 1.82) is 0 Å². The number of nitrogens with zero attached hydrogens (tertiary/aromatic N) is 4. The topological polar surface area (TPSA) is 82.7 Å². The summed E-state index contributed by atoms with van der Waals surface area (Å²) in [5, 5.41) is 10.1. The van der Waals surface area contributed by atoms with Gasteiger partial charge in [0.25, 0.3) is 5.91 Å². The number of amides is 1. The third-order valence-electron chi connectivity index (χ3n) is 5.83. The fraction of sp³-hybridized carbons (Fsp3) is 0.550. The highest BCUT2D eigenvalue weighted by Gasteiger charge is 2.53. The molecule has 0 aliphatic carbocycles. The van der Waals surface area contributed by atoms with Crippen molar-refractivity contribution < 1.29 is 14.3 Å². The van der Waals surface area contributed by atoms with Crippen LogP contribution in [0.1, 0.15) is 41.6 Å². The van der Waals surface area contributed by atoms with Crippen LogP contribution in [0.3, 0.4) is 0 Å². The molecule has 2 atom stereocenters. The third-order valence-corrected chi connectivity index (χ3v) is 5.83. The molecule has 2 fully saturated rings. The second-order valence-corrected chi connectivity index (χ2v) is 8.15. The number of fused-ring (bicyclic) bond motifs is 1. The first-order chi connectivity index (χ1) is 13.0. The molecule has 0 saturated carbocycles. The molecule has 2 aliphatic heterocycles. The minimum Gasteiger partial charge on any atom is -0.472 e. The third kappa shape index (κ3) is 3.37. The number of hydrogen-bond donors (Lipinski definition) is 1. The second-order valence-electron chi connectivity index (χ2n) is 8.15. The molecule has 0 aromatic carbocycles. The summed E-state index contributed by atoms with van der Waals surface area (Å²) in [7, 11) is 0.